The van der Waals surface area contributed by atoms with Crippen LogP contribution in [0.3, 0.4) is 0 Å². The maximum Gasteiger partial charge on any atom is 0.234 e. The van der Waals surface area contributed by atoms with Crippen LogP contribution in [-0.2, 0) is 4.79 Å². The number of benzene rings is 1. The topological polar surface area (TPSA) is 82.6 Å². The molecule has 0 aliphatic heterocycles. The Balaban J connectivity index is 1.62. The van der Waals surface area contributed by atoms with Gasteiger partial charge >= 0.3 is 0 Å². The maximum atomic E-state index is 12.2. The van der Waals surface area contributed by atoms with Gasteiger partial charge in [0, 0.05) is 17.8 Å². The highest BCUT2D eigenvalue weighted by atomic mass is 32.2. The van der Waals surface area contributed by atoms with Crippen molar-refractivity contribution in [3.63, 3.8) is 0 Å². The van der Waals surface area contributed by atoms with Crippen LogP contribution in [0.5, 0.6) is 17.4 Å². The first kappa shape index (κ1) is 18.3. The highest BCUT2D eigenvalue weighted by Crippen LogP contribution is 2.31. The Kier molecular flexibility index (Phi) is 5.79. The number of hydrogen-bond acceptors (Lipinski definition) is 8. The summed E-state index contributed by atoms with van der Waals surface area (Å²) in [5.74, 6) is 1.80. The molecule has 0 fully saturated rings. The van der Waals surface area contributed by atoms with Crippen LogP contribution in [0.1, 0.15) is 0 Å². The summed E-state index contributed by atoms with van der Waals surface area (Å²) in [6.45, 7) is 0. The Labute approximate surface area is 158 Å². The number of carbonyl (C=O) groups is 1. The van der Waals surface area contributed by atoms with E-state index >= 15 is 0 Å². The van der Waals surface area contributed by atoms with E-state index in [2.05, 4.69) is 15.3 Å². The number of aromatic nitrogens is 2. The number of thioether (sulfide) groups is 1. The summed E-state index contributed by atoms with van der Waals surface area (Å²) < 4.78 is 17.2. The van der Waals surface area contributed by atoms with Crippen LogP contribution in [-0.4, -0.2) is 43.0 Å². The molecule has 0 unspecified atom stereocenters. The molecule has 0 aliphatic carbocycles. The second kappa shape index (κ2) is 8.24. The van der Waals surface area contributed by atoms with E-state index in [1.54, 1.807) is 45.6 Å². The number of ether oxygens (including phenoxy) is 3. The molecule has 0 saturated heterocycles. The third kappa shape index (κ3) is 4.17. The lowest BCUT2D eigenvalue weighted by atomic mass is 10.2. The maximum absolute atomic E-state index is 12.2. The Bertz CT molecular complexity index is 930. The molecular formula is C17H17N3O4S2. The number of amides is 1. The fourth-order valence-corrected chi connectivity index (χ4v) is 3.99. The molecule has 1 amide bonds. The summed E-state index contributed by atoms with van der Waals surface area (Å²) >= 11 is 2.86. The third-order valence-corrected chi connectivity index (χ3v) is 5.56. The molecule has 0 atom stereocenters. The first-order valence-electron chi connectivity index (χ1n) is 7.59. The van der Waals surface area contributed by atoms with Crippen LogP contribution >= 0.6 is 23.1 Å². The number of methoxy groups -OCH3 is 3. The van der Waals surface area contributed by atoms with E-state index < -0.39 is 0 Å². The molecule has 7 nitrogen and oxygen atoms in total. The number of rotatable bonds is 7. The third-order valence-electron chi connectivity index (χ3n) is 3.41. The lowest BCUT2D eigenvalue weighted by molar-refractivity contribution is -0.113. The Hall–Kier alpha value is -2.52. The van der Waals surface area contributed by atoms with Crippen molar-refractivity contribution in [2.45, 2.75) is 4.34 Å². The number of nitrogens with one attached hydrogen (secondary N) is 1. The van der Waals surface area contributed by atoms with Gasteiger partial charge < -0.3 is 19.5 Å². The van der Waals surface area contributed by atoms with Crippen molar-refractivity contribution in [1.82, 2.24) is 9.97 Å². The smallest absolute Gasteiger partial charge is 0.234 e. The van der Waals surface area contributed by atoms with Crippen LogP contribution in [0.2, 0.25) is 0 Å². The van der Waals surface area contributed by atoms with E-state index in [0.717, 1.165) is 9.04 Å². The summed E-state index contributed by atoms with van der Waals surface area (Å²) in [6, 6.07) is 8.92. The van der Waals surface area contributed by atoms with Crippen molar-refractivity contribution >= 4 is 45.0 Å². The summed E-state index contributed by atoms with van der Waals surface area (Å²) in [4.78, 5) is 20.9. The molecule has 2 heterocycles. The van der Waals surface area contributed by atoms with Crippen molar-refractivity contribution in [1.29, 1.82) is 0 Å². The molecule has 9 heteroatoms. The second-order valence-corrected chi connectivity index (χ2v) is 7.31. The standard InChI is InChI=1S/C17H17N3O4S2/c1-22-11-5-4-10(8-12(11)23-2)18-14(21)9-25-17-20-16-13(26-17)6-7-15(19-16)24-3/h4-8H,9H2,1-3H3,(H,18,21). The average molecular weight is 391 g/mol. The van der Waals surface area contributed by atoms with Crippen LogP contribution in [0.25, 0.3) is 10.3 Å². The predicted octanol–water partition coefficient (Wildman–Crippen LogP) is 3.45. The second-order valence-electron chi connectivity index (χ2n) is 5.06. The lowest BCUT2D eigenvalue weighted by Gasteiger charge is -2.10. The first-order chi connectivity index (χ1) is 12.6. The molecule has 2 aromatic heterocycles. The molecule has 1 N–H and O–H groups in total. The zero-order chi connectivity index (χ0) is 18.5. The van der Waals surface area contributed by atoms with Gasteiger partial charge in [0.25, 0.3) is 0 Å². The van der Waals surface area contributed by atoms with Crippen LogP contribution < -0.4 is 19.5 Å². The van der Waals surface area contributed by atoms with Crippen molar-refractivity contribution in [2.75, 3.05) is 32.4 Å². The van der Waals surface area contributed by atoms with Gasteiger partial charge in [-0.05, 0) is 18.2 Å². The van der Waals surface area contributed by atoms with E-state index in [4.69, 9.17) is 14.2 Å². The SMILES string of the molecule is COc1ccc2sc(SCC(=O)Nc3ccc(OC)c(OC)c3)nc2n1. The van der Waals surface area contributed by atoms with Crippen molar-refractivity contribution in [2.24, 2.45) is 0 Å². The Morgan fingerprint density at radius 1 is 1.08 bits per heavy atom. The van der Waals surface area contributed by atoms with E-state index in [0.29, 0.717) is 28.7 Å². The zero-order valence-corrected chi connectivity index (χ0v) is 16.1. The molecule has 136 valence electrons. The van der Waals surface area contributed by atoms with E-state index in [1.165, 1.54) is 23.1 Å². The normalized spacial score (nSPS) is 10.6. The molecule has 1 aromatic carbocycles. The number of anilines is 1. The van der Waals surface area contributed by atoms with E-state index in [-0.39, 0.29) is 11.7 Å². The van der Waals surface area contributed by atoms with Gasteiger partial charge in [0.05, 0.1) is 31.8 Å². The van der Waals surface area contributed by atoms with Gasteiger partial charge in [0.2, 0.25) is 11.8 Å². The van der Waals surface area contributed by atoms with Gasteiger partial charge in [-0.25, -0.2) is 4.98 Å². The van der Waals surface area contributed by atoms with Gasteiger partial charge in [0.1, 0.15) is 0 Å². The fraction of sp³-hybridized carbons (Fsp3) is 0.235. The molecular weight excluding hydrogens is 374 g/mol. The molecule has 0 radical (unpaired) electrons. The monoisotopic (exact) mass is 391 g/mol. The summed E-state index contributed by atoms with van der Waals surface area (Å²) in [6.07, 6.45) is 0. The number of pyridine rings is 1. The fourth-order valence-electron chi connectivity index (χ4n) is 2.20. The van der Waals surface area contributed by atoms with Gasteiger partial charge in [-0.2, -0.15) is 4.98 Å². The molecule has 0 bridgehead atoms. The van der Waals surface area contributed by atoms with E-state index in [1.807, 2.05) is 6.07 Å². The Morgan fingerprint density at radius 3 is 2.62 bits per heavy atom. The zero-order valence-electron chi connectivity index (χ0n) is 14.4. The molecule has 26 heavy (non-hydrogen) atoms. The molecule has 0 saturated carbocycles. The molecule has 3 aromatic rings. The average Bonchev–Trinajstić information content (AvgIpc) is 3.08. The van der Waals surface area contributed by atoms with Crippen molar-refractivity contribution < 1.29 is 19.0 Å². The summed E-state index contributed by atoms with van der Waals surface area (Å²) in [5, 5.41) is 2.84. The summed E-state index contributed by atoms with van der Waals surface area (Å²) in [7, 11) is 4.68. The minimum atomic E-state index is -0.132. The first-order valence-corrected chi connectivity index (χ1v) is 9.39. The lowest BCUT2D eigenvalue weighted by Crippen LogP contribution is -2.14. The highest BCUT2D eigenvalue weighted by Gasteiger charge is 2.11. The highest BCUT2D eigenvalue weighted by molar-refractivity contribution is 8.01. The van der Waals surface area contributed by atoms with E-state index in [9.17, 15) is 4.79 Å². The number of nitrogens with zero attached hydrogens (tertiary/aromatic N) is 2. The molecule has 0 aliphatic rings. The number of carbonyl (C=O) groups excluding carboxylic acids is 1. The quantitative estimate of drug-likeness (QED) is 0.618. The van der Waals surface area contributed by atoms with Crippen molar-refractivity contribution in [3.05, 3.63) is 30.3 Å². The largest absolute Gasteiger partial charge is 0.493 e. The predicted molar refractivity (Wildman–Crippen MR) is 103 cm³/mol. The number of hydrogen-bond donors (Lipinski definition) is 1. The van der Waals surface area contributed by atoms with Crippen LogP contribution in [0.15, 0.2) is 34.7 Å². The van der Waals surface area contributed by atoms with Crippen LogP contribution in [0.4, 0.5) is 5.69 Å². The van der Waals surface area contributed by atoms with Gasteiger partial charge in [0.15, 0.2) is 21.5 Å². The molecule has 0 spiro atoms. The minimum Gasteiger partial charge on any atom is -0.493 e. The number of fused-ring (bicyclic) bond motifs is 1. The Morgan fingerprint density at radius 2 is 1.88 bits per heavy atom. The van der Waals surface area contributed by atoms with Crippen LogP contribution in [0, 0.1) is 0 Å². The van der Waals surface area contributed by atoms with Gasteiger partial charge in [-0.1, -0.05) is 11.8 Å². The minimum absolute atomic E-state index is 0.132. The van der Waals surface area contributed by atoms with Crippen molar-refractivity contribution in [3.8, 4) is 17.4 Å². The van der Waals surface area contributed by atoms with Gasteiger partial charge in [-0.3, -0.25) is 4.79 Å². The number of thiazole rings is 1. The molecule has 3 rings (SSSR count). The van der Waals surface area contributed by atoms with Gasteiger partial charge in [-0.15, -0.1) is 11.3 Å². The summed E-state index contributed by atoms with van der Waals surface area (Å²) in [5.41, 5.74) is 1.26.